The summed E-state index contributed by atoms with van der Waals surface area (Å²) in [5.41, 5.74) is 0.948. The van der Waals surface area contributed by atoms with Crippen molar-refractivity contribution in [2.45, 2.75) is 6.92 Å². The number of hydrogen-bond acceptors (Lipinski definition) is 6. The maximum Gasteiger partial charge on any atom is 0.323 e. The molecule has 1 saturated heterocycles. The van der Waals surface area contributed by atoms with Gasteiger partial charge in [-0.05, 0) is 18.6 Å². The molecule has 22 heavy (non-hydrogen) atoms. The molecule has 1 aliphatic heterocycles. The van der Waals surface area contributed by atoms with Crippen molar-refractivity contribution in [3.05, 3.63) is 44.3 Å². The summed E-state index contributed by atoms with van der Waals surface area (Å²) in [6.45, 7) is 1.12. The summed E-state index contributed by atoms with van der Waals surface area (Å²) in [5.74, 6) is -1.68. The van der Waals surface area contributed by atoms with Gasteiger partial charge in [-0.3, -0.25) is 24.6 Å². The lowest BCUT2D eigenvalue weighted by molar-refractivity contribution is -0.385. The quantitative estimate of drug-likeness (QED) is 0.389. The van der Waals surface area contributed by atoms with Crippen LogP contribution in [0.15, 0.2) is 23.1 Å². The third-order valence-corrected chi connectivity index (χ3v) is 4.27. The topological polar surface area (TPSA) is 101 Å². The van der Waals surface area contributed by atoms with Crippen LogP contribution in [0.2, 0.25) is 0 Å². The van der Waals surface area contributed by atoms with Crippen LogP contribution < -0.4 is 0 Å². The lowest BCUT2D eigenvalue weighted by atomic mass is 10.1. The minimum Gasteiger partial charge on any atom is -0.480 e. The molecule has 0 saturated carbocycles. The van der Waals surface area contributed by atoms with Crippen molar-refractivity contribution in [2.24, 2.45) is 0 Å². The summed E-state index contributed by atoms with van der Waals surface area (Å²) >= 11 is 5.95. The van der Waals surface area contributed by atoms with Crippen LogP contribution in [0.4, 0.5) is 5.69 Å². The second-order valence-corrected chi connectivity index (χ2v) is 6.14. The number of carbonyl (C=O) groups is 2. The van der Waals surface area contributed by atoms with Crippen molar-refractivity contribution in [2.75, 3.05) is 6.54 Å². The molecule has 0 radical (unpaired) electrons. The lowest BCUT2D eigenvalue weighted by Gasteiger charge is -2.10. The number of aliphatic carboxylic acids is 1. The van der Waals surface area contributed by atoms with Crippen LogP contribution in [-0.2, 0) is 9.59 Å². The molecule has 2 rings (SSSR count). The van der Waals surface area contributed by atoms with Crippen LogP contribution >= 0.6 is 24.0 Å². The molecule has 0 unspecified atom stereocenters. The Morgan fingerprint density at radius 3 is 2.82 bits per heavy atom. The van der Waals surface area contributed by atoms with Crippen molar-refractivity contribution in [1.29, 1.82) is 0 Å². The van der Waals surface area contributed by atoms with E-state index in [1.54, 1.807) is 19.1 Å². The normalized spacial score (nSPS) is 16.4. The Bertz CT molecular complexity index is 729. The number of benzene rings is 1. The fourth-order valence-corrected chi connectivity index (χ4v) is 3.09. The summed E-state index contributed by atoms with van der Waals surface area (Å²) in [6, 6.07) is 4.59. The molecule has 0 spiro atoms. The highest BCUT2D eigenvalue weighted by molar-refractivity contribution is 8.26. The molecule has 1 aromatic rings. The number of thioether (sulfide) groups is 1. The van der Waals surface area contributed by atoms with Crippen molar-refractivity contribution in [1.82, 2.24) is 4.90 Å². The number of nitro groups is 1. The summed E-state index contributed by atoms with van der Waals surface area (Å²) in [5, 5.41) is 19.7. The van der Waals surface area contributed by atoms with Crippen LogP contribution in [0.3, 0.4) is 0 Å². The molecule has 9 heteroatoms. The first kappa shape index (κ1) is 16.1. The molecular formula is C13H10N2O5S2. The standard InChI is InChI=1S/C13H10N2O5S2/c1-7-2-3-8(4-9(7)15(19)20)5-10-12(18)14(6-11(16)17)13(21)22-10/h2-5H,6H2,1H3,(H,16,17)/b10-5+. The summed E-state index contributed by atoms with van der Waals surface area (Å²) in [4.78, 5) is 34.4. The first-order valence-corrected chi connectivity index (χ1v) is 7.24. The zero-order valence-corrected chi connectivity index (χ0v) is 12.9. The molecule has 0 aliphatic carbocycles. The Morgan fingerprint density at radius 2 is 2.23 bits per heavy atom. The zero-order chi connectivity index (χ0) is 16.4. The Labute approximate surface area is 134 Å². The highest BCUT2D eigenvalue weighted by atomic mass is 32.2. The lowest BCUT2D eigenvalue weighted by Crippen LogP contribution is -2.33. The molecule has 7 nitrogen and oxygen atoms in total. The Kier molecular flexibility index (Phi) is 4.57. The minimum atomic E-state index is -1.16. The number of amides is 1. The van der Waals surface area contributed by atoms with Gasteiger partial charge in [-0.15, -0.1) is 0 Å². The monoisotopic (exact) mass is 338 g/mol. The molecule has 0 atom stereocenters. The van der Waals surface area contributed by atoms with E-state index in [9.17, 15) is 19.7 Å². The van der Waals surface area contributed by atoms with E-state index in [1.807, 2.05) is 0 Å². The van der Waals surface area contributed by atoms with E-state index in [2.05, 4.69) is 0 Å². The van der Waals surface area contributed by atoms with Gasteiger partial charge >= 0.3 is 5.97 Å². The van der Waals surface area contributed by atoms with E-state index in [0.29, 0.717) is 11.1 Å². The van der Waals surface area contributed by atoms with Gasteiger partial charge in [-0.1, -0.05) is 36.1 Å². The fraction of sp³-hybridized carbons (Fsp3) is 0.154. The number of thiocarbonyl (C=S) groups is 1. The Morgan fingerprint density at radius 1 is 1.55 bits per heavy atom. The first-order chi connectivity index (χ1) is 10.3. The summed E-state index contributed by atoms with van der Waals surface area (Å²) < 4.78 is 0.153. The van der Waals surface area contributed by atoms with Gasteiger partial charge in [0.15, 0.2) is 0 Å². The number of carboxylic acids is 1. The zero-order valence-electron chi connectivity index (χ0n) is 11.3. The van der Waals surface area contributed by atoms with Gasteiger partial charge in [0.05, 0.1) is 9.83 Å². The van der Waals surface area contributed by atoms with E-state index in [1.165, 1.54) is 12.1 Å². The average molecular weight is 338 g/mol. The number of nitrogens with zero attached hydrogens (tertiary/aromatic N) is 2. The number of hydrogen-bond donors (Lipinski definition) is 1. The van der Waals surface area contributed by atoms with Gasteiger partial charge in [-0.25, -0.2) is 0 Å². The Balaban J connectivity index is 2.33. The number of rotatable bonds is 4. The van der Waals surface area contributed by atoms with Gasteiger partial charge in [0.2, 0.25) is 0 Å². The smallest absolute Gasteiger partial charge is 0.323 e. The van der Waals surface area contributed by atoms with E-state index in [-0.39, 0.29) is 14.9 Å². The maximum atomic E-state index is 12.1. The first-order valence-electron chi connectivity index (χ1n) is 6.02. The second kappa shape index (κ2) is 6.24. The molecule has 114 valence electrons. The molecule has 1 aromatic carbocycles. The minimum absolute atomic E-state index is 0.0465. The maximum absolute atomic E-state index is 12.1. The molecule has 1 fully saturated rings. The van der Waals surface area contributed by atoms with E-state index < -0.39 is 23.3 Å². The van der Waals surface area contributed by atoms with Gasteiger partial charge in [0.25, 0.3) is 11.6 Å². The molecule has 0 aromatic heterocycles. The number of aryl methyl sites for hydroxylation is 1. The van der Waals surface area contributed by atoms with Gasteiger partial charge < -0.3 is 5.11 Å². The van der Waals surface area contributed by atoms with Crippen LogP contribution in [0.1, 0.15) is 11.1 Å². The third-order valence-electron chi connectivity index (χ3n) is 2.89. The fourth-order valence-electron chi connectivity index (χ4n) is 1.84. The van der Waals surface area contributed by atoms with E-state index in [0.717, 1.165) is 16.7 Å². The molecule has 0 bridgehead atoms. The third kappa shape index (κ3) is 3.31. The van der Waals surface area contributed by atoms with E-state index in [4.69, 9.17) is 17.3 Å². The molecule has 1 aliphatic rings. The largest absolute Gasteiger partial charge is 0.480 e. The molecule has 1 N–H and O–H groups in total. The highest BCUT2D eigenvalue weighted by Crippen LogP contribution is 2.33. The van der Waals surface area contributed by atoms with Crippen LogP contribution in [-0.4, -0.2) is 37.7 Å². The predicted octanol–water partition coefficient (Wildman–Crippen LogP) is 2.19. The summed E-state index contributed by atoms with van der Waals surface area (Å²) in [7, 11) is 0. The van der Waals surface area contributed by atoms with Gasteiger partial charge in [0, 0.05) is 11.6 Å². The van der Waals surface area contributed by atoms with Crippen LogP contribution in [0.25, 0.3) is 6.08 Å². The van der Waals surface area contributed by atoms with Crippen molar-refractivity contribution in [3.63, 3.8) is 0 Å². The SMILES string of the molecule is Cc1ccc(/C=C2/SC(=S)N(CC(=O)O)C2=O)cc1[N+](=O)[O-]. The van der Waals surface area contributed by atoms with Crippen molar-refractivity contribution >= 4 is 51.9 Å². The second-order valence-electron chi connectivity index (χ2n) is 4.46. The average Bonchev–Trinajstić information content (AvgIpc) is 2.68. The predicted molar refractivity (Wildman–Crippen MR) is 85.3 cm³/mol. The van der Waals surface area contributed by atoms with Crippen molar-refractivity contribution < 1.29 is 19.6 Å². The molecule has 1 amide bonds. The van der Waals surface area contributed by atoms with Gasteiger partial charge in [0.1, 0.15) is 10.9 Å². The van der Waals surface area contributed by atoms with Crippen LogP contribution in [0.5, 0.6) is 0 Å². The highest BCUT2D eigenvalue weighted by Gasteiger charge is 2.33. The Hall–Kier alpha value is -2.26. The van der Waals surface area contributed by atoms with Crippen LogP contribution in [0, 0.1) is 17.0 Å². The molecular weight excluding hydrogens is 328 g/mol. The number of nitro benzene ring substituents is 1. The van der Waals surface area contributed by atoms with Crippen molar-refractivity contribution in [3.8, 4) is 0 Å². The number of carbonyl (C=O) groups excluding carboxylic acids is 1. The van der Waals surface area contributed by atoms with Gasteiger partial charge in [-0.2, -0.15) is 0 Å². The summed E-state index contributed by atoms with van der Waals surface area (Å²) in [6.07, 6.45) is 1.47. The number of carboxylic acid groups (broad SMARTS) is 1. The molecule has 1 heterocycles. The van der Waals surface area contributed by atoms with E-state index >= 15 is 0 Å².